The number of hydrogen-bond acceptors (Lipinski definition) is 7. The Labute approximate surface area is 159 Å². The van der Waals surface area contributed by atoms with E-state index in [1.807, 2.05) is 20.8 Å². The van der Waals surface area contributed by atoms with Crippen LogP contribution in [0.1, 0.15) is 59.3 Å². The van der Waals surface area contributed by atoms with E-state index >= 15 is 0 Å². The SMILES string of the molecule is CCCCOC(=O)N(CC(=O)O)N(C(=O)OCCCC)C(=O)OCCCC. The van der Waals surface area contributed by atoms with Crippen LogP contribution in [-0.4, -0.2) is 65.7 Å². The van der Waals surface area contributed by atoms with E-state index in [0.717, 1.165) is 19.3 Å². The first-order valence-electron chi connectivity index (χ1n) is 9.18. The van der Waals surface area contributed by atoms with Gasteiger partial charge < -0.3 is 19.3 Å². The van der Waals surface area contributed by atoms with Crippen molar-refractivity contribution in [3.8, 4) is 0 Å². The molecule has 0 fully saturated rings. The first-order chi connectivity index (χ1) is 12.9. The second-order valence-electron chi connectivity index (χ2n) is 5.67. The van der Waals surface area contributed by atoms with E-state index in [1.165, 1.54) is 0 Å². The fourth-order valence-corrected chi connectivity index (χ4v) is 1.72. The van der Waals surface area contributed by atoms with Crippen molar-refractivity contribution in [1.82, 2.24) is 10.0 Å². The van der Waals surface area contributed by atoms with Crippen molar-refractivity contribution < 1.29 is 38.5 Å². The zero-order chi connectivity index (χ0) is 20.7. The molecule has 0 aliphatic heterocycles. The Morgan fingerprint density at radius 3 is 1.41 bits per heavy atom. The molecule has 27 heavy (non-hydrogen) atoms. The molecule has 0 atom stereocenters. The highest BCUT2D eigenvalue weighted by Crippen LogP contribution is 2.10. The highest BCUT2D eigenvalue weighted by atomic mass is 16.6. The van der Waals surface area contributed by atoms with Crippen LogP contribution in [0.3, 0.4) is 0 Å². The number of ether oxygens (including phenoxy) is 3. The number of carboxylic acid groups (broad SMARTS) is 1. The predicted molar refractivity (Wildman–Crippen MR) is 94.9 cm³/mol. The van der Waals surface area contributed by atoms with E-state index in [1.54, 1.807) is 0 Å². The Bertz CT molecular complexity index is 462. The Morgan fingerprint density at radius 2 is 1.07 bits per heavy atom. The first-order valence-corrected chi connectivity index (χ1v) is 9.18. The molecule has 0 saturated heterocycles. The zero-order valence-electron chi connectivity index (χ0n) is 16.3. The number of carbonyl (C=O) groups is 4. The second kappa shape index (κ2) is 14.6. The molecule has 0 aromatic heterocycles. The molecular formula is C17H30N2O8. The normalized spacial score (nSPS) is 10.0. The third-order valence-electron chi connectivity index (χ3n) is 3.25. The molecule has 10 heteroatoms. The Morgan fingerprint density at radius 1 is 0.704 bits per heavy atom. The fraction of sp³-hybridized carbons (Fsp3) is 0.765. The maximum Gasteiger partial charge on any atom is 0.439 e. The number of unbranched alkanes of at least 4 members (excludes halogenated alkanes) is 3. The van der Waals surface area contributed by atoms with Gasteiger partial charge in [-0.05, 0) is 19.3 Å². The lowest BCUT2D eigenvalue weighted by molar-refractivity contribution is -0.140. The third-order valence-corrected chi connectivity index (χ3v) is 3.25. The molecule has 0 aliphatic rings. The minimum atomic E-state index is -1.44. The van der Waals surface area contributed by atoms with Crippen LogP contribution in [0.4, 0.5) is 14.4 Å². The molecule has 156 valence electrons. The number of hydrogen-bond donors (Lipinski definition) is 1. The van der Waals surface area contributed by atoms with Crippen molar-refractivity contribution in [2.24, 2.45) is 0 Å². The Hall–Kier alpha value is -2.52. The first kappa shape index (κ1) is 24.5. The summed E-state index contributed by atoms with van der Waals surface area (Å²) in [7, 11) is 0. The summed E-state index contributed by atoms with van der Waals surface area (Å²) in [5, 5.41) is 9.68. The number of amides is 3. The van der Waals surface area contributed by atoms with E-state index in [2.05, 4.69) is 0 Å². The molecule has 1 N–H and O–H groups in total. The van der Waals surface area contributed by atoms with Crippen molar-refractivity contribution in [2.75, 3.05) is 26.4 Å². The zero-order valence-corrected chi connectivity index (χ0v) is 16.3. The molecule has 0 aromatic carbocycles. The number of carboxylic acids is 1. The number of nitrogens with zero attached hydrogens (tertiary/aromatic N) is 2. The van der Waals surface area contributed by atoms with E-state index in [9.17, 15) is 19.2 Å². The average Bonchev–Trinajstić information content (AvgIpc) is 2.61. The number of imide groups is 1. The molecule has 3 amide bonds. The average molecular weight is 390 g/mol. The highest BCUT2D eigenvalue weighted by molar-refractivity contribution is 5.91. The number of rotatable bonds is 11. The van der Waals surface area contributed by atoms with Crippen molar-refractivity contribution >= 4 is 24.2 Å². The van der Waals surface area contributed by atoms with Gasteiger partial charge in [-0.25, -0.2) is 14.4 Å². The van der Waals surface area contributed by atoms with Crippen LogP contribution in [-0.2, 0) is 19.0 Å². The maximum atomic E-state index is 12.3. The fourth-order valence-electron chi connectivity index (χ4n) is 1.72. The largest absolute Gasteiger partial charge is 0.480 e. The van der Waals surface area contributed by atoms with Gasteiger partial charge in [-0.15, -0.1) is 5.01 Å². The minimum absolute atomic E-state index is 0.0138. The van der Waals surface area contributed by atoms with Gasteiger partial charge in [0.15, 0.2) is 0 Å². The third kappa shape index (κ3) is 10.3. The summed E-state index contributed by atoms with van der Waals surface area (Å²) >= 11 is 0. The number of carbonyl (C=O) groups excluding carboxylic acids is 3. The predicted octanol–water partition coefficient (Wildman–Crippen LogP) is 3.40. The van der Waals surface area contributed by atoms with E-state index < -0.39 is 30.8 Å². The summed E-state index contributed by atoms with van der Waals surface area (Å²) in [5.41, 5.74) is 0. The Balaban J connectivity index is 5.38. The summed E-state index contributed by atoms with van der Waals surface area (Å²) in [6.45, 7) is 4.73. The number of aliphatic carboxylic acids is 1. The quantitative estimate of drug-likeness (QED) is 0.323. The lowest BCUT2D eigenvalue weighted by Crippen LogP contribution is -2.55. The highest BCUT2D eigenvalue weighted by Gasteiger charge is 2.37. The summed E-state index contributed by atoms with van der Waals surface area (Å²) in [6, 6.07) is 0. The van der Waals surface area contributed by atoms with Crippen LogP contribution in [0.25, 0.3) is 0 Å². The molecular weight excluding hydrogens is 360 g/mol. The van der Waals surface area contributed by atoms with Gasteiger partial charge in [0, 0.05) is 0 Å². The molecule has 0 bridgehead atoms. The molecule has 0 heterocycles. The van der Waals surface area contributed by atoms with Crippen molar-refractivity contribution in [1.29, 1.82) is 0 Å². The van der Waals surface area contributed by atoms with Gasteiger partial charge in [-0.1, -0.05) is 40.0 Å². The lowest BCUT2D eigenvalue weighted by Gasteiger charge is -2.29. The van der Waals surface area contributed by atoms with Gasteiger partial charge in [0.2, 0.25) is 0 Å². The van der Waals surface area contributed by atoms with Crippen molar-refractivity contribution in [3.63, 3.8) is 0 Å². The topological polar surface area (TPSA) is 123 Å². The van der Waals surface area contributed by atoms with Gasteiger partial charge in [0.05, 0.1) is 19.8 Å². The second-order valence-corrected chi connectivity index (χ2v) is 5.67. The molecule has 10 nitrogen and oxygen atoms in total. The van der Waals surface area contributed by atoms with Crippen LogP contribution >= 0.6 is 0 Å². The maximum absolute atomic E-state index is 12.3. The monoisotopic (exact) mass is 390 g/mol. The van der Waals surface area contributed by atoms with Gasteiger partial charge in [0.1, 0.15) is 6.54 Å². The summed E-state index contributed by atoms with van der Waals surface area (Å²) in [4.78, 5) is 48.0. The summed E-state index contributed by atoms with van der Waals surface area (Å²) < 4.78 is 14.9. The van der Waals surface area contributed by atoms with Crippen LogP contribution in [0.15, 0.2) is 0 Å². The standard InChI is InChI=1S/C17H30N2O8/c1-4-7-10-25-15(22)18(13-14(20)21)19(16(23)26-11-8-5-2)17(24)27-12-9-6-3/h4-13H2,1-3H3,(H,20,21). The Kier molecular flexibility index (Phi) is 13.3. The smallest absolute Gasteiger partial charge is 0.439 e. The van der Waals surface area contributed by atoms with Crippen molar-refractivity contribution in [2.45, 2.75) is 59.3 Å². The summed E-state index contributed by atoms with van der Waals surface area (Å²) in [5.74, 6) is -1.44. The van der Waals surface area contributed by atoms with Crippen molar-refractivity contribution in [3.05, 3.63) is 0 Å². The van der Waals surface area contributed by atoms with E-state index in [-0.39, 0.29) is 24.8 Å². The van der Waals surface area contributed by atoms with Gasteiger partial charge in [-0.3, -0.25) is 4.79 Å². The molecule has 0 spiro atoms. The lowest BCUT2D eigenvalue weighted by atomic mass is 10.4. The van der Waals surface area contributed by atoms with Gasteiger partial charge in [-0.2, -0.15) is 5.01 Å². The molecule has 0 aliphatic carbocycles. The van der Waals surface area contributed by atoms with Crippen LogP contribution in [0.2, 0.25) is 0 Å². The van der Waals surface area contributed by atoms with Crippen LogP contribution < -0.4 is 0 Å². The van der Waals surface area contributed by atoms with Crippen LogP contribution in [0, 0.1) is 0 Å². The van der Waals surface area contributed by atoms with E-state index in [4.69, 9.17) is 19.3 Å². The molecule has 0 rings (SSSR count). The molecule has 0 aromatic rings. The molecule has 0 unspecified atom stereocenters. The summed E-state index contributed by atoms with van der Waals surface area (Å²) in [6.07, 6.45) is 0.332. The molecule has 0 saturated carbocycles. The number of hydrazine groups is 1. The molecule has 0 radical (unpaired) electrons. The minimum Gasteiger partial charge on any atom is -0.480 e. The van der Waals surface area contributed by atoms with Gasteiger partial charge >= 0.3 is 24.2 Å². The van der Waals surface area contributed by atoms with E-state index in [0.29, 0.717) is 24.3 Å². The van der Waals surface area contributed by atoms with Gasteiger partial charge in [0.25, 0.3) is 0 Å². The van der Waals surface area contributed by atoms with Crippen LogP contribution in [0.5, 0.6) is 0 Å².